The zero-order valence-corrected chi connectivity index (χ0v) is 7.33. The summed E-state index contributed by atoms with van der Waals surface area (Å²) in [7, 11) is 0. The Kier molecular flexibility index (Phi) is 2.39. The lowest BCUT2D eigenvalue weighted by Crippen LogP contribution is -2.55. The zero-order valence-electron chi connectivity index (χ0n) is 6.52. The zero-order chi connectivity index (χ0) is 7.61. The lowest BCUT2D eigenvalue weighted by Gasteiger charge is -2.27. The van der Waals surface area contributed by atoms with E-state index in [1.165, 1.54) is 0 Å². The van der Waals surface area contributed by atoms with E-state index in [1.807, 2.05) is 0 Å². The third kappa shape index (κ3) is 1.75. The summed E-state index contributed by atoms with van der Waals surface area (Å²) in [5, 5.41) is 3.42. The second-order valence-corrected chi connectivity index (χ2v) is 4.13. The molecule has 10 heavy (non-hydrogen) atoms. The third-order valence-corrected chi connectivity index (χ3v) is 2.49. The summed E-state index contributed by atoms with van der Waals surface area (Å²) in [5.41, 5.74) is 0. The predicted octanol–water partition coefficient (Wildman–Crippen LogP) is 0.226. The van der Waals surface area contributed by atoms with E-state index in [2.05, 4.69) is 25.0 Å². The number of hydrogen-bond acceptors (Lipinski definition) is 2. The van der Waals surface area contributed by atoms with E-state index < -0.39 is 0 Å². The molecule has 1 fully saturated rings. The van der Waals surface area contributed by atoms with Crippen LogP contribution in [-0.2, 0) is 16.1 Å². The molecule has 2 unspecified atom stereocenters. The topological polar surface area (TPSA) is 21.3 Å². The summed E-state index contributed by atoms with van der Waals surface area (Å²) in [6.07, 6.45) is 0. The molecule has 3 heteroatoms. The smallest absolute Gasteiger partial charge is 0.266 e. The van der Waals surface area contributed by atoms with Gasteiger partial charge < -0.3 is 4.74 Å². The first-order valence-corrected chi connectivity index (χ1v) is 4.43. The van der Waals surface area contributed by atoms with Gasteiger partial charge in [0, 0.05) is 13.0 Å². The Hall–Kier alpha value is 0.0100. The summed E-state index contributed by atoms with van der Waals surface area (Å²) in [6, 6.07) is 0.452. The van der Waals surface area contributed by atoms with Gasteiger partial charge in [0.05, 0.1) is 6.61 Å². The Labute approximate surface area is 65.9 Å². The molecule has 1 heterocycles. The normalized spacial score (nSPS) is 41.2. The van der Waals surface area contributed by atoms with Crippen LogP contribution in [0.15, 0.2) is 0 Å². The summed E-state index contributed by atoms with van der Waals surface area (Å²) < 4.78 is 5.36. The van der Waals surface area contributed by atoms with Gasteiger partial charge >= 0.3 is 0 Å². The molecular formula is C7H14NOS+. The summed E-state index contributed by atoms with van der Waals surface area (Å²) in [6.45, 7) is 5.80. The van der Waals surface area contributed by atoms with Crippen LogP contribution in [0, 0.1) is 0 Å². The average Bonchev–Trinajstić information content (AvgIpc) is 1.88. The van der Waals surface area contributed by atoms with Gasteiger partial charge in [0.15, 0.2) is 17.2 Å². The summed E-state index contributed by atoms with van der Waals surface area (Å²) in [5.74, 6) is 3.79. The Morgan fingerprint density at radius 1 is 1.80 bits per heavy atom. The maximum absolute atomic E-state index is 5.36. The van der Waals surface area contributed by atoms with Crippen molar-refractivity contribution in [2.75, 3.05) is 13.2 Å². The molecule has 58 valence electrons. The molecular weight excluding hydrogens is 146 g/mol. The van der Waals surface area contributed by atoms with E-state index in [0.29, 0.717) is 6.04 Å². The Morgan fingerprint density at radius 3 is 2.90 bits per heavy atom. The van der Waals surface area contributed by atoms with Crippen molar-refractivity contribution in [2.45, 2.75) is 24.8 Å². The second-order valence-electron chi connectivity index (χ2n) is 2.94. The standard InChI is InChI=1S/C7H14NOS/c1-6-4-9-5-7(2,8-6)10-3/h6,8H,3-5H2,1-2H3/q+1. The molecule has 0 radical (unpaired) electrons. The number of ether oxygens (including phenoxy) is 1. The van der Waals surface area contributed by atoms with Crippen LogP contribution >= 0.6 is 0 Å². The molecule has 0 aromatic rings. The van der Waals surface area contributed by atoms with Gasteiger partial charge in [-0.3, -0.25) is 5.32 Å². The lowest BCUT2D eigenvalue weighted by atomic mass is 10.2. The molecule has 1 rings (SSSR count). The van der Waals surface area contributed by atoms with Crippen molar-refractivity contribution in [1.82, 2.24) is 5.32 Å². The minimum Gasteiger partial charge on any atom is -0.372 e. The third-order valence-electron chi connectivity index (χ3n) is 1.62. The highest BCUT2D eigenvalue weighted by molar-refractivity contribution is 7.77. The van der Waals surface area contributed by atoms with Crippen LogP contribution in [0.3, 0.4) is 0 Å². The van der Waals surface area contributed by atoms with Crippen molar-refractivity contribution in [3.8, 4) is 0 Å². The first-order chi connectivity index (χ1) is 4.66. The van der Waals surface area contributed by atoms with Crippen LogP contribution in [0.5, 0.6) is 0 Å². The van der Waals surface area contributed by atoms with Crippen molar-refractivity contribution in [2.24, 2.45) is 0 Å². The molecule has 1 aliphatic heterocycles. The Balaban J connectivity index is 2.53. The van der Waals surface area contributed by atoms with E-state index in [9.17, 15) is 0 Å². The number of rotatable bonds is 1. The highest BCUT2D eigenvalue weighted by atomic mass is 32.1. The second kappa shape index (κ2) is 2.95. The highest BCUT2D eigenvalue weighted by Crippen LogP contribution is 2.09. The summed E-state index contributed by atoms with van der Waals surface area (Å²) in [4.78, 5) is 0.0255. The molecule has 2 atom stereocenters. The molecule has 1 N–H and O–H groups in total. The first-order valence-electron chi connectivity index (χ1n) is 3.45. The minimum absolute atomic E-state index is 0.0255. The SMILES string of the molecule is C=[S+]C1(C)COCC(C)N1. The maximum atomic E-state index is 5.36. The van der Waals surface area contributed by atoms with Crippen molar-refractivity contribution >= 4 is 17.2 Å². The Bertz CT molecular complexity index is 140. The molecule has 2 nitrogen and oxygen atoms in total. The fraction of sp³-hybridized carbons (Fsp3) is 0.857. The van der Waals surface area contributed by atoms with Gasteiger partial charge in [0.1, 0.15) is 6.61 Å². The van der Waals surface area contributed by atoms with Crippen LogP contribution in [0.4, 0.5) is 0 Å². The molecule has 0 amide bonds. The molecule has 1 saturated heterocycles. The van der Waals surface area contributed by atoms with E-state index in [1.54, 1.807) is 11.4 Å². The molecule has 0 spiro atoms. The van der Waals surface area contributed by atoms with Crippen LogP contribution in [0.1, 0.15) is 13.8 Å². The van der Waals surface area contributed by atoms with Gasteiger partial charge in [0.25, 0.3) is 4.87 Å². The lowest BCUT2D eigenvalue weighted by molar-refractivity contribution is 0.0448. The average molecular weight is 160 g/mol. The number of nitrogens with one attached hydrogen (secondary N) is 1. The van der Waals surface area contributed by atoms with Crippen molar-refractivity contribution < 1.29 is 4.74 Å². The Morgan fingerprint density at radius 2 is 2.50 bits per heavy atom. The van der Waals surface area contributed by atoms with Gasteiger partial charge in [-0.05, 0) is 6.92 Å². The quantitative estimate of drug-likeness (QED) is 0.438. The van der Waals surface area contributed by atoms with Crippen molar-refractivity contribution in [3.05, 3.63) is 0 Å². The van der Waals surface area contributed by atoms with E-state index in [0.717, 1.165) is 13.2 Å². The minimum atomic E-state index is 0.0255. The largest absolute Gasteiger partial charge is 0.372 e. The van der Waals surface area contributed by atoms with E-state index >= 15 is 0 Å². The van der Waals surface area contributed by atoms with Crippen molar-refractivity contribution in [3.63, 3.8) is 0 Å². The van der Waals surface area contributed by atoms with Crippen LogP contribution in [0.2, 0.25) is 0 Å². The van der Waals surface area contributed by atoms with E-state index in [4.69, 9.17) is 4.74 Å². The van der Waals surface area contributed by atoms with Crippen LogP contribution < -0.4 is 5.32 Å². The molecule has 0 aromatic heterocycles. The van der Waals surface area contributed by atoms with Gasteiger partial charge in [-0.1, -0.05) is 0 Å². The molecule has 0 saturated carbocycles. The fourth-order valence-corrected chi connectivity index (χ4v) is 1.57. The fourth-order valence-electron chi connectivity index (χ4n) is 1.12. The highest BCUT2D eigenvalue weighted by Gasteiger charge is 2.37. The van der Waals surface area contributed by atoms with Gasteiger partial charge in [-0.25, -0.2) is 0 Å². The number of hydrogen-bond donors (Lipinski definition) is 1. The monoisotopic (exact) mass is 160 g/mol. The first kappa shape index (κ1) is 8.11. The molecule has 0 aromatic carbocycles. The summed E-state index contributed by atoms with van der Waals surface area (Å²) >= 11 is 1.57. The van der Waals surface area contributed by atoms with Crippen LogP contribution in [-0.4, -0.2) is 30.0 Å². The van der Waals surface area contributed by atoms with Gasteiger partial charge in [0.2, 0.25) is 0 Å². The maximum Gasteiger partial charge on any atom is 0.266 e. The van der Waals surface area contributed by atoms with E-state index in [-0.39, 0.29) is 4.87 Å². The molecule has 0 aliphatic carbocycles. The molecule has 1 aliphatic rings. The number of morpholine rings is 1. The van der Waals surface area contributed by atoms with Crippen LogP contribution in [0.25, 0.3) is 0 Å². The predicted molar refractivity (Wildman–Crippen MR) is 46.3 cm³/mol. The van der Waals surface area contributed by atoms with Gasteiger partial charge in [-0.15, -0.1) is 0 Å². The van der Waals surface area contributed by atoms with Crippen molar-refractivity contribution in [1.29, 1.82) is 0 Å². The molecule has 0 bridgehead atoms. The van der Waals surface area contributed by atoms with Gasteiger partial charge in [-0.2, -0.15) is 0 Å².